The van der Waals surface area contributed by atoms with E-state index < -0.39 is 0 Å². The van der Waals surface area contributed by atoms with Crippen LogP contribution in [-0.4, -0.2) is 23.0 Å². The SMILES string of the molecule is CCc1cc(Oc2ccc(C(=O)OC)cc2)ncn1. The summed E-state index contributed by atoms with van der Waals surface area (Å²) in [4.78, 5) is 19.4. The van der Waals surface area contributed by atoms with E-state index in [-0.39, 0.29) is 5.97 Å². The summed E-state index contributed by atoms with van der Waals surface area (Å²) in [5.41, 5.74) is 1.39. The number of aromatic nitrogens is 2. The van der Waals surface area contributed by atoms with E-state index in [4.69, 9.17) is 4.74 Å². The average molecular weight is 258 g/mol. The van der Waals surface area contributed by atoms with E-state index in [9.17, 15) is 4.79 Å². The van der Waals surface area contributed by atoms with Crippen LogP contribution in [0.1, 0.15) is 23.0 Å². The van der Waals surface area contributed by atoms with Crippen LogP contribution in [0.5, 0.6) is 11.6 Å². The summed E-state index contributed by atoms with van der Waals surface area (Å²) < 4.78 is 10.2. The zero-order valence-electron chi connectivity index (χ0n) is 10.8. The van der Waals surface area contributed by atoms with Crippen LogP contribution in [0.4, 0.5) is 0 Å². The summed E-state index contributed by atoms with van der Waals surface area (Å²) in [6.07, 6.45) is 2.29. The first-order valence-electron chi connectivity index (χ1n) is 5.90. The fourth-order valence-electron chi connectivity index (χ4n) is 1.52. The van der Waals surface area contributed by atoms with Gasteiger partial charge < -0.3 is 9.47 Å². The lowest BCUT2D eigenvalue weighted by Gasteiger charge is -2.06. The van der Waals surface area contributed by atoms with E-state index >= 15 is 0 Å². The molecule has 0 aliphatic heterocycles. The fraction of sp³-hybridized carbons (Fsp3) is 0.214. The molecular formula is C14H14N2O3. The highest BCUT2D eigenvalue weighted by Crippen LogP contribution is 2.20. The van der Waals surface area contributed by atoms with E-state index in [0.717, 1.165) is 12.1 Å². The third-order valence-electron chi connectivity index (χ3n) is 2.56. The predicted molar refractivity (Wildman–Crippen MR) is 69.3 cm³/mol. The van der Waals surface area contributed by atoms with Crippen molar-refractivity contribution >= 4 is 5.97 Å². The molecular weight excluding hydrogens is 244 g/mol. The maximum absolute atomic E-state index is 11.3. The van der Waals surface area contributed by atoms with Gasteiger partial charge in [-0.3, -0.25) is 0 Å². The van der Waals surface area contributed by atoms with E-state index in [1.807, 2.05) is 6.92 Å². The van der Waals surface area contributed by atoms with Gasteiger partial charge in [0.1, 0.15) is 12.1 Å². The van der Waals surface area contributed by atoms with Crippen LogP contribution in [0.25, 0.3) is 0 Å². The third kappa shape index (κ3) is 3.28. The van der Waals surface area contributed by atoms with Crippen molar-refractivity contribution in [3.05, 3.63) is 47.9 Å². The van der Waals surface area contributed by atoms with Gasteiger partial charge in [0.15, 0.2) is 0 Å². The van der Waals surface area contributed by atoms with Crippen LogP contribution >= 0.6 is 0 Å². The number of carbonyl (C=O) groups excluding carboxylic acids is 1. The normalized spacial score (nSPS) is 10.0. The topological polar surface area (TPSA) is 61.3 Å². The second-order valence-corrected chi connectivity index (χ2v) is 3.82. The van der Waals surface area contributed by atoms with Crippen LogP contribution in [0, 0.1) is 0 Å². The van der Waals surface area contributed by atoms with Crippen molar-refractivity contribution in [1.82, 2.24) is 9.97 Å². The molecule has 0 unspecified atom stereocenters. The van der Waals surface area contributed by atoms with E-state index in [1.165, 1.54) is 13.4 Å². The van der Waals surface area contributed by atoms with Crippen LogP contribution in [0.15, 0.2) is 36.7 Å². The van der Waals surface area contributed by atoms with Crippen molar-refractivity contribution < 1.29 is 14.3 Å². The molecule has 1 aromatic heterocycles. The molecule has 2 aromatic rings. The Morgan fingerprint density at radius 3 is 2.58 bits per heavy atom. The number of ether oxygens (including phenoxy) is 2. The third-order valence-corrected chi connectivity index (χ3v) is 2.56. The number of carbonyl (C=O) groups is 1. The lowest BCUT2D eigenvalue weighted by Crippen LogP contribution is -2.00. The molecule has 0 aliphatic carbocycles. The molecule has 0 bridgehead atoms. The molecule has 1 heterocycles. The molecule has 1 aromatic carbocycles. The monoisotopic (exact) mass is 258 g/mol. The number of rotatable bonds is 4. The number of hydrogen-bond acceptors (Lipinski definition) is 5. The van der Waals surface area contributed by atoms with Crippen molar-refractivity contribution in [2.24, 2.45) is 0 Å². The lowest BCUT2D eigenvalue weighted by atomic mass is 10.2. The number of hydrogen-bond donors (Lipinski definition) is 0. The molecule has 0 saturated carbocycles. The standard InChI is InChI=1S/C14H14N2O3/c1-3-11-8-13(16-9-15-11)19-12-6-4-10(5-7-12)14(17)18-2/h4-9H,3H2,1-2H3. The summed E-state index contributed by atoms with van der Waals surface area (Å²) in [6, 6.07) is 8.46. The quantitative estimate of drug-likeness (QED) is 0.789. The highest BCUT2D eigenvalue weighted by atomic mass is 16.5. The Balaban J connectivity index is 2.12. The Morgan fingerprint density at radius 2 is 1.95 bits per heavy atom. The summed E-state index contributed by atoms with van der Waals surface area (Å²) in [6.45, 7) is 2.01. The maximum Gasteiger partial charge on any atom is 0.337 e. The van der Waals surface area contributed by atoms with Gasteiger partial charge in [0.05, 0.1) is 12.7 Å². The lowest BCUT2D eigenvalue weighted by molar-refractivity contribution is 0.0600. The van der Waals surface area contributed by atoms with Gasteiger partial charge >= 0.3 is 5.97 Å². The van der Waals surface area contributed by atoms with E-state index in [1.54, 1.807) is 30.3 Å². The first-order valence-corrected chi connectivity index (χ1v) is 5.90. The van der Waals surface area contributed by atoms with Crippen LogP contribution < -0.4 is 4.74 Å². The molecule has 0 fully saturated rings. The molecule has 19 heavy (non-hydrogen) atoms. The molecule has 0 N–H and O–H groups in total. The van der Waals surface area contributed by atoms with Gasteiger partial charge in [-0.15, -0.1) is 0 Å². The molecule has 0 atom stereocenters. The van der Waals surface area contributed by atoms with Gasteiger partial charge in [-0.2, -0.15) is 0 Å². The summed E-state index contributed by atoms with van der Waals surface area (Å²) in [5, 5.41) is 0. The minimum absolute atomic E-state index is 0.373. The highest BCUT2D eigenvalue weighted by molar-refractivity contribution is 5.89. The largest absolute Gasteiger partial charge is 0.465 e. The van der Waals surface area contributed by atoms with Gasteiger partial charge in [0.25, 0.3) is 0 Å². The molecule has 0 radical (unpaired) electrons. The van der Waals surface area contributed by atoms with E-state index in [2.05, 4.69) is 14.7 Å². The Labute approximate surface area is 111 Å². The van der Waals surface area contributed by atoms with Gasteiger partial charge in [-0.25, -0.2) is 14.8 Å². The fourth-order valence-corrected chi connectivity index (χ4v) is 1.52. The number of methoxy groups -OCH3 is 1. The molecule has 2 rings (SSSR count). The first kappa shape index (κ1) is 13.0. The van der Waals surface area contributed by atoms with Crippen molar-refractivity contribution in [2.45, 2.75) is 13.3 Å². The maximum atomic E-state index is 11.3. The highest BCUT2D eigenvalue weighted by Gasteiger charge is 2.05. The minimum Gasteiger partial charge on any atom is -0.465 e. The molecule has 0 spiro atoms. The summed E-state index contributed by atoms with van der Waals surface area (Å²) in [7, 11) is 1.35. The number of benzene rings is 1. The van der Waals surface area contributed by atoms with E-state index in [0.29, 0.717) is 17.2 Å². The Morgan fingerprint density at radius 1 is 1.21 bits per heavy atom. The van der Waals surface area contributed by atoms with Crippen LogP contribution in [-0.2, 0) is 11.2 Å². The van der Waals surface area contributed by atoms with Gasteiger partial charge in [-0.05, 0) is 30.7 Å². The van der Waals surface area contributed by atoms with Gasteiger partial charge in [0.2, 0.25) is 5.88 Å². The summed E-state index contributed by atoms with van der Waals surface area (Å²) >= 11 is 0. The van der Waals surface area contributed by atoms with Crippen molar-refractivity contribution in [3.63, 3.8) is 0 Å². The number of aryl methyl sites for hydroxylation is 1. The van der Waals surface area contributed by atoms with Crippen molar-refractivity contribution in [2.75, 3.05) is 7.11 Å². The van der Waals surface area contributed by atoms with Crippen molar-refractivity contribution in [1.29, 1.82) is 0 Å². The zero-order chi connectivity index (χ0) is 13.7. The second kappa shape index (κ2) is 5.95. The first-order chi connectivity index (χ1) is 9.22. The molecule has 5 nitrogen and oxygen atoms in total. The molecule has 0 saturated heterocycles. The smallest absolute Gasteiger partial charge is 0.337 e. The zero-order valence-corrected chi connectivity index (χ0v) is 10.8. The Kier molecular flexibility index (Phi) is 4.07. The van der Waals surface area contributed by atoms with Gasteiger partial charge in [0, 0.05) is 11.8 Å². The van der Waals surface area contributed by atoms with Crippen LogP contribution in [0.3, 0.4) is 0 Å². The molecule has 5 heteroatoms. The van der Waals surface area contributed by atoms with Crippen molar-refractivity contribution in [3.8, 4) is 11.6 Å². The average Bonchev–Trinajstić information content (AvgIpc) is 2.47. The van der Waals surface area contributed by atoms with Gasteiger partial charge in [-0.1, -0.05) is 6.92 Å². The second-order valence-electron chi connectivity index (χ2n) is 3.82. The molecule has 0 amide bonds. The Bertz CT molecular complexity index is 567. The number of esters is 1. The summed E-state index contributed by atoms with van der Waals surface area (Å²) in [5.74, 6) is 0.716. The Hall–Kier alpha value is -2.43. The predicted octanol–water partition coefficient (Wildman–Crippen LogP) is 2.62. The van der Waals surface area contributed by atoms with Crippen LogP contribution in [0.2, 0.25) is 0 Å². The molecule has 98 valence electrons. The number of nitrogens with zero attached hydrogens (tertiary/aromatic N) is 2. The molecule has 0 aliphatic rings. The minimum atomic E-state index is -0.373.